The fourth-order valence-corrected chi connectivity index (χ4v) is 0.747. The summed E-state index contributed by atoms with van der Waals surface area (Å²) in [4.78, 5) is 10.9. The van der Waals surface area contributed by atoms with Crippen molar-refractivity contribution in [2.45, 2.75) is 0 Å². The van der Waals surface area contributed by atoms with Crippen molar-refractivity contribution >= 4 is 5.82 Å². The number of rotatable bonds is 1. The molecule has 0 aliphatic heterocycles. The van der Waals surface area contributed by atoms with E-state index in [-0.39, 0.29) is 17.1 Å². The highest BCUT2D eigenvalue weighted by Crippen LogP contribution is 2.09. The fraction of sp³-hybridized carbons (Fsp3) is 0.400. The number of aromatic nitrogens is 2. The van der Waals surface area contributed by atoms with Crippen LogP contribution in [-0.2, 0) is 7.05 Å². The van der Waals surface area contributed by atoms with Gasteiger partial charge in [0.25, 0.3) is 0 Å². The minimum absolute atomic E-state index is 0.169. The van der Waals surface area contributed by atoms with Crippen LogP contribution < -0.4 is 16.0 Å². The first-order chi connectivity index (χ1) is 4.66. The van der Waals surface area contributed by atoms with E-state index in [2.05, 4.69) is 5.10 Å². The molecule has 1 heterocycles. The van der Waals surface area contributed by atoms with Crippen LogP contribution in [0.4, 0.5) is 5.82 Å². The van der Waals surface area contributed by atoms with Crippen molar-refractivity contribution in [1.82, 2.24) is 9.78 Å². The van der Waals surface area contributed by atoms with E-state index < -0.39 is 0 Å². The molecule has 0 bridgehead atoms. The van der Waals surface area contributed by atoms with Gasteiger partial charge in [-0.05, 0) is 0 Å². The zero-order chi connectivity index (χ0) is 7.72. The topological polar surface area (TPSA) is 73.0 Å². The molecule has 0 aliphatic carbocycles. The zero-order valence-corrected chi connectivity index (χ0v) is 5.84. The maximum Gasteiger partial charge on any atom is 0.310 e. The third kappa shape index (κ3) is 0.754. The largest absolute Gasteiger partial charge is 0.488 e. The van der Waals surface area contributed by atoms with Crippen molar-refractivity contribution in [1.29, 1.82) is 0 Å². The molecule has 0 radical (unpaired) electrons. The number of aryl methyl sites for hydroxylation is 1. The summed E-state index contributed by atoms with van der Waals surface area (Å²) in [7, 11) is 2.97. The molecule has 5 nitrogen and oxygen atoms in total. The predicted molar refractivity (Wildman–Crippen MR) is 37.0 cm³/mol. The number of nitrogens with one attached hydrogen (secondary N) is 1. The van der Waals surface area contributed by atoms with Gasteiger partial charge in [0.2, 0.25) is 5.75 Å². The summed E-state index contributed by atoms with van der Waals surface area (Å²) in [5, 5.41) is 2.58. The number of H-pyrrole nitrogens is 1. The minimum atomic E-state index is -0.250. The Labute approximate surface area is 57.4 Å². The van der Waals surface area contributed by atoms with Gasteiger partial charge in [-0.3, -0.25) is 14.6 Å². The molecule has 10 heavy (non-hydrogen) atoms. The Morgan fingerprint density at radius 1 is 1.70 bits per heavy atom. The molecule has 1 aromatic rings. The highest BCUT2D eigenvalue weighted by atomic mass is 16.5. The van der Waals surface area contributed by atoms with Crippen molar-refractivity contribution in [3.63, 3.8) is 0 Å². The Balaban J connectivity index is 3.34. The molecule has 5 heteroatoms. The number of aromatic amines is 1. The lowest BCUT2D eigenvalue weighted by Crippen LogP contribution is -2.12. The van der Waals surface area contributed by atoms with E-state index in [0.717, 1.165) is 0 Å². The lowest BCUT2D eigenvalue weighted by atomic mass is 10.6. The normalized spacial score (nSPS) is 9.80. The van der Waals surface area contributed by atoms with E-state index in [1.165, 1.54) is 11.8 Å². The standard InChI is InChI=1S/C5H9N3O2/c1-8-5(9)3(10-2)4(6)7-8/h7H,6H2,1-2H3. The van der Waals surface area contributed by atoms with E-state index >= 15 is 0 Å². The summed E-state index contributed by atoms with van der Waals surface area (Å²) in [5.41, 5.74) is 5.10. The number of hydrogen-bond donors (Lipinski definition) is 2. The summed E-state index contributed by atoms with van der Waals surface area (Å²) in [6.07, 6.45) is 0. The summed E-state index contributed by atoms with van der Waals surface area (Å²) in [6, 6.07) is 0. The number of methoxy groups -OCH3 is 1. The van der Waals surface area contributed by atoms with Gasteiger partial charge in [0, 0.05) is 7.05 Å². The molecule has 0 fully saturated rings. The minimum Gasteiger partial charge on any atom is -0.488 e. The van der Waals surface area contributed by atoms with Crippen LogP contribution in [0.1, 0.15) is 0 Å². The van der Waals surface area contributed by atoms with Gasteiger partial charge in [-0.2, -0.15) is 0 Å². The second kappa shape index (κ2) is 2.09. The van der Waals surface area contributed by atoms with E-state index in [1.54, 1.807) is 7.05 Å². The van der Waals surface area contributed by atoms with Gasteiger partial charge in [-0.1, -0.05) is 0 Å². The molecular formula is C5H9N3O2. The Morgan fingerprint density at radius 3 is 2.50 bits per heavy atom. The first-order valence-corrected chi connectivity index (χ1v) is 2.75. The highest BCUT2D eigenvalue weighted by molar-refractivity contribution is 5.43. The molecule has 0 aromatic carbocycles. The average molecular weight is 143 g/mol. The SMILES string of the molecule is COc1c(N)[nH]n(C)c1=O. The van der Waals surface area contributed by atoms with Gasteiger partial charge in [0.1, 0.15) is 0 Å². The van der Waals surface area contributed by atoms with Crippen molar-refractivity contribution in [2.24, 2.45) is 7.05 Å². The first kappa shape index (κ1) is 6.73. The van der Waals surface area contributed by atoms with Crippen LogP contribution in [0.5, 0.6) is 5.75 Å². The molecule has 0 unspecified atom stereocenters. The van der Waals surface area contributed by atoms with Gasteiger partial charge in [0.15, 0.2) is 5.82 Å². The van der Waals surface area contributed by atoms with Crippen LogP contribution in [0.15, 0.2) is 4.79 Å². The van der Waals surface area contributed by atoms with Crippen LogP contribution in [0, 0.1) is 0 Å². The van der Waals surface area contributed by atoms with Crippen LogP contribution in [0.3, 0.4) is 0 Å². The van der Waals surface area contributed by atoms with Gasteiger partial charge < -0.3 is 10.5 Å². The van der Waals surface area contributed by atoms with Crippen molar-refractivity contribution in [3.8, 4) is 5.75 Å². The summed E-state index contributed by atoms with van der Waals surface area (Å²) >= 11 is 0. The summed E-state index contributed by atoms with van der Waals surface area (Å²) in [6.45, 7) is 0. The fourth-order valence-electron chi connectivity index (χ4n) is 0.747. The number of hydrogen-bond acceptors (Lipinski definition) is 3. The van der Waals surface area contributed by atoms with Crippen LogP contribution in [0.2, 0.25) is 0 Å². The van der Waals surface area contributed by atoms with E-state index in [1.807, 2.05) is 0 Å². The van der Waals surface area contributed by atoms with Crippen LogP contribution in [-0.4, -0.2) is 16.9 Å². The van der Waals surface area contributed by atoms with E-state index in [4.69, 9.17) is 10.5 Å². The average Bonchev–Trinajstić information content (AvgIpc) is 2.09. The van der Waals surface area contributed by atoms with Gasteiger partial charge in [0.05, 0.1) is 7.11 Å². The lowest BCUT2D eigenvalue weighted by Gasteiger charge is -1.90. The highest BCUT2D eigenvalue weighted by Gasteiger charge is 2.07. The number of nitrogens with two attached hydrogens (primary N) is 1. The summed E-state index contributed by atoms with van der Waals surface area (Å²) < 4.78 is 5.97. The monoisotopic (exact) mass is 143 g/mol. The number of ether oxygens (including phenoxy) is 1. The molecule has 1 rings (SSSR count). The second-order valence-electron chi connectivity index (χ2n) is 1.92. The predicted octanol–water partition coefficient (Wildman–Crippen LogP) is -0.696. The van der Waals surface area contributed by atoms with Gasteiger partial charge >= 0.3 is 5.56 Å². The Morgan fingerprint density at radius 2 is 2.30 bits per heavy atom. The molecule has 0 spiro atoms. The number of nitrogen functional groups attached to an aromatic ring is 1. The second-order valence-corrected chi connectivity index (χ2v) is 1.92. The molecular weight excluding hydrogens is 134 g/mol. The molecule has 3 N–H and O–H groups in total. The number of nitrogens with zero attached hydrogens (tertiary/aromatic N) is 1. The van der Waals surface area contributed by atoms with E-state index in [0.29, 0.717) is 0 Å². The van der Waals surface area contributed by atoms with E-state index in [9.17, 15) is 4.79 Å². The third-order valence-corrected chi connectivity index (χ3v) is 1.24. The maximum atomic E-state index is 10.9. The Hall–Kier alpha value is -1.39. The molecule has 0 atom stereocenters. The third-order valence-electron chi connectivity index (χ3n) is 1.24. The molecule has 0 saturated carbocycles. The lowest BCUT2D eigenvalue weighted by molar-refractivity contribution is 0.411. The van der Waals surface area contributed by atoms with Gasteiger partial charge in [-0.25, -0.2) is 0 Å². The maximum absolute atomic E-state index is 10.9. The molecule has 56 valence electrons. The summed E-state index contributed by atoms with van der Waals surface area (Å²) in [5.74, 6) is 0.428. The van der Waals surface area contributed by atoms with Crippen molar-refractivity contribution in [2.75, 3.05) is 12.8 Å². The molecule has 1 aromatic heterocycles. The van der Waals surface area contributed by atoms with Crippen molar-refractivity contribution in [3.05, 3.63) is 10.4 Å². The van der Waals surface area contributed by atoms with Crippen LogP contribution in [0.25, 0.3) is 0 Å². The first-order valence-electron chi connectivity index (χ1n) is 2.75. The molecule has 0 saturated heterocycles. The van der Waals surface area contributed by atoms with Crippen molar-refractivity contribution < 1.29 is 4.74 Å². The Bertz CT molecular complexity index is 286. The molecule has 0 amide bonds. The molecule has 0 aliphatic rings. The van der Waals surface area contributed by atoms with Crippen LogP contribution >= 0.6 is 0 Å². The Kier molecular flexibility index (Phi) is 1.41. The quantitative estimate of drug-likeness (QED) is 0.546. The number of anilines is 1. The van der Waals surface area contributed by atoms with Gasteiger partial charge in [-0.15, -0.1) is 0 Å². The zero-order valence-electron chi connectivity index (χ0n) is 5.84. The smallest absolute Gasteiger partial charge is 0.310 e.